The summed E-state index contributed by atoms with van der Waals surface area (Å²) >= 11 is 3.47. The molecule has 0 saturated heterocycles. The Balaban J connectivity index is 1.57. The maximum absolute atomic E-state index is 15.1. The molecule has 4 aromatic rings. The topological polar surface area (TPSA) is 32.7 Å². The highest BCUT2D eigenvalue weighted by molar-refractivity contribution is 7.79. The first-order valence-corrected chi connectivity index (χ1v) is 14.3. The minimum atomic E-state index is -2.96. The van der Waals surface area contributed by atoms with E-state index in [-0.39, 0.29) is 11.7 Å². The Hall–Kier alpha value is -2.46. The van der Waals surface area contributed by atoms with Gasteiger partial charge in [0.1, 0.15) is 0 Å². The lowest BCUT2D eigenvalue weighted by Crippen LogP contribution is -2.22. The van der Waals surface area contributed by atoms with Crippen LogP contribution in [-0.2, 0) is 4.57 Å². The number of nitrogens with zero attached hydrogens (tertiary/aromatic N) is 2. The molecule has 3 nitrogen and oxygen atoms in total. The van der Waals surface area contributed by atoms with Crippen LogP contribution >= 0.6 is 29.8 Å². The number of hydrazone groups is 1. The lowest BCUT2D eigenvalue weighted by atomic mass is 10.1. The molecule has 0 fully saturated rings. The van der Waals surface area contributed by atoms with E-state index in [0.29, 0.717) is 6.42 Å². The van der Waals surface area contributed by atoms with E-state index in [1.165, 1.54) is 4.88 Å². The maximum Gasteiger partial charge on any atom is 0.151 e. The van der Waals surface area contributed by atoms with E-state index in [0.717, 1.165) is 27.6 Å². The van der Waals surface area contributed by atoms with Gasteiger partial charge in [0.2, 0.25) is 0 Å². The summed E-state index contributed by atoms with van der Waals surface area (Å²) in [4.78, 5) is 2.49. The van der Waals surface area contributed by atoms with Crippen molar-refractivity contribution in [1.29, 1.82) is 0 Å². The molecule has 3 heterocycles. The molecule has 1 aliphatic heterocycles. The highest BCUT2D eigenvalue weighted by atomic mass is 32.1. The van der Waals surface area contributed by atoms with Crippen molar-refractivity contribution in [3.05, 3.63) is 105 Å². The van der Waals surface area contributed by atoms with E-state index in [9.17, 15) is 0 Å². The molecule has 1 aliphatic rings. The monoisotopic (exact) mass is 476 g/mol. The molecule has 2 aromatic carbocycles. The van der Waals surface area contributed by atoms with E-state index >= 15 is 4.57 Å². The first-order chi connectivity index (χ1) is 15.7. The van der Waals surface area contributed by atoms with E-state index in [2.05, 4.69) is 40.0 Å². The Morgan fingerprint density at radius 1 is 0.906 bits per heavy atom. The summed E-state index contributed by atoms with van der Waals surface area (Å²) in [5, 5.41) is 13.0. The molecule has 32 heavy (non-hydrogen) atoms. The molecular weight excluding hydrogens is 451 g/mol. The Morgan fingerprint density at radius 2 is 1.53 bits per heavy atom. The van der Waals surface area contributed by atoms with Gasteiger partial charge in [-0.2, -0.15) is 5.10 Å². The van der Waals surface area contributed by atoms with Crippen molar-refractivity contribution in [2.45, 2.75) is 24.5 Å². The van der Waals surface area contributed by atoms with Crippen LogP contribution in [0.15, 0.2) is 101 Å². The maximum atomic E-state index is 15.1. The number of thiophene rings is 2. The molecule has 162 valence electrons. The molecule has 2 aromatic heterocycles. The van der Waals surface area contributed by atoms with Gasteiger partial charge in [0.15, 0.2) is 7.14 Å². The molecular formula is C26H25N2OPS2. The number of rotatable bonds is 7. The van der Waals surface area contributed by atoms with Crippen LogP contribution < -0.4 is 10.6 Å². The van der Waals surface area contributed by atoms with Gasteiger partial charge in [0.25, 0.3) is 0 Å². The van der Waals surface area contributed by atoms with Crippen molar-refractivity contribution in [2.75, 3.05) is 7.05 Å². The normalized spacial score (nSPS) is 17.3. The standard InChI is InChI=1S/C26H25N2OPS2/c1-28-23(25-14-8-16-31-25)18-20(27-28)19-24(26-15-9-17-32-26)30(29,21-10-4-2-5-11-21)22-12-6-3-7-13-22/h2-17,23-24H,18-19H2,1H3. The predicted octanol–water partition coefficient (Wildman–Crippen LogP) is 6.69. The van der Waals surface area contributed by atoms with Gasteiger partial charge in [-0.3, -0.25) is 5.01 Å². The predicted molar refractivity (Wildman–Crippen MR) is 138 cm³/mol. The molecule has 0 aliphatic carbocycles. The van der Waals surface area contributed by atoms with Crippen LogP contribution in [0.1, 0.15) is 34.3 Å². The summed E-state index contributed by atoms with van der Waals surface area (Å²) in [5.41, 5.74) is 0.984. The third kappa shape index (κ3) is 4.01. The number of hydrogen-bond acceptors (Lipinski definition) is 5. The van der Waals surface area contributed by atoms with Crippen molar-refractivity contribution in [2.24, 2.45) is 5.10 Å². The Bertz CT molecular complexity index is 1180. The average molecular weight is 477 g/mol. The van der Waals surface area contributed by atoms with Gasteiger partial charge in [-0.15, -0.1) is 22.7 Å². The first kappa shape index (κ1) is 21.4. The highest BCUT2D eigenvalue weighted by Gasteiger charge is 2.40. The molecule has 5 rings (SSSR count). The van der Waals surface area contributed by atoms with Crippen LogP contribution in [0, 0.1) is 0 Å². The van der Waals surface area contributed by atoms with Gasteiger partial charge in [-0.25, -0.2) is 0 Å². The zero-order valence-electron chi connectivity index (χ0n) is 17.9. The fourth-order valence-corrected chi connectivity index (χ4v) is 9.86. The summed E-state index contributed by atoms with van der Waals surface area (Å²) in [6, 6.07) is 28.7. The summed E-state index contributed by atoms with van der Waals surface area (Å²) < 4.78 is 15.1. The molecule has 0 amide bonds. The number of hydrogen-bond donors (Lipinski definition) is 0. The zero-order chi connectivity index (χ0) is 22.0. The van der Waals surface area contributed by atoms with Crippen LogP contribution in [0.5, 0.6) is 0 Å². The average Bonchev–Trinajstić information content (AvgIpc) is 3.60. The number of benzene rings is 2. The highest BCUT2D eigenvalue weighted by Crippen LogP contribution is 2.60. The minimum Gasteiger partial charge on any atom is -0.313 e. The van der Waals surface area contributed by atoms with Crippen molar-refractivity contribution in [3.8, 4) is 0 Å². The van der Waals surface area contributed by atoms with Crippen LogP contribution in [0.3, 0.4) is 0 Å². The van der Waals surface area contributed by atoms with Crippen LogP contribution in [0.25, 0.3) is 0 Å². The Kier molecular flexibility index (Phi) is 6.14. The second-order valence-corrected chi connectivity index (χ2v) is 13.0. The molecule has 2 unspecified atom stereocenters. The van der Waals surface area contributed by atoms with Crippen molar-refractivity contribution >= 4 is 46.1 Å². The molecule has 0 radical (unpaired) electrons. The van der Waals surface area contributed by atoms with Gasteiger partial charge in [0, 0.05) is 46.0 Å². The van der Waals surface area contributed by atoms with Crippen molar-refractivity contribution < 1.29 is 4.57 Å². The smallest absolute Gasteiger partial charge is 0.151 e. The molecule has 0 N–H and O–H groups in total. The van der Waals surface area contributed by atoms with Gasteiger partial charge < -0.3 is 4.57 Å². The molecule has 2 atom stereocenters. The van der Waals surface area contributed by atoms with Gasteiger partial charge in [-0.05, 0) is 22.9 Å². The summed E-state index contributed by atoms with van der Waals surface area (Å²) in [5.74, 6) is 0. The third-order valence-electron chi connectivity index (χ3n) is 6.07. The fraction of sp³-hybridized carbons (Fsp3) is 0.192. The van der Waals surface area contributed by atoms with Crippen molar-refractivity contribution in [1.82, 2.24) is 5.01 Å². The summed E-state index contributed by atoms with van der Waals surface area (Å²) in [6.45, 7) is 0. The lowest BCUT2D eigenvalue weighted by molar-refractivity contribution is 0.294. The molecule has 6 heteroatoms. The Labute approximate surface area is 197 Å². The fourth-order valence-electron chi connectivity index (χ4n) is 4.50. The molecule has 0 saturated carbocycles. The first-order valence-electron chi connectivity index (χ1n) is 10.7. The second-order valence-electron chi connectivity index (χ2n) is 8.04. The SMILES string of the molecule is CN1N=C(CC(c2cccs2)P(=O)(c2ccccc2)c2ccccc2)CC1c1cccs1. The molecule has 0 spiro atoms. The van der Waals surface area contributed by atoms with Crippen molar-refractivity contribution in [3.63, 3.8) is 0 Å². The minimum absolute atomic E-state index is 0.137. The van der Waals surface area contributed by atoms with Gasteiger partial charge >= 0.3 is 0 Å². The quantitative estimate of drug-likeness (QED) is 0.279. The summed E-state index contributed by atoms with van der Waals surface area (Å²) in [7, 11) is -0.914. The van der Waals surface area contributed by atoms with Crippen LogP contribution in [0.2, 0.25) is 0 Å². The zero-order valence-corrected chi connectivity index (χ0v) is 20.4. The van der Waals surface area contributed by atoms with Crippen LogP contribution in [0.4, 0.5) is 0 Å². The van der Waals surface area contributed by atoms with Gasteiger partial charge in [-0.1, -0.05) is 72.8 Å². The summed E-state index contributed by atoms with van der Waals surface area (Å²) in [6.07, 6.45) is 1.57. The van der Waals surface area contributed by atoms with E-state index in [1.54, 1.807) is 22.7 Å². The third-order valence-corrected chi connectivity index (χ3v) is 11.7. The largest absolute Gasteiger partial charge is 0.313 e. The van der Waals surface area contributed by atoms with E-state index in [4.69, 9.17) is 5.10 Å². The van der Waals surface area contributed by atoms with E-state index in [1.807, 2.05) is 67.7 Å². The lowest BCUT2D eigenvalue weighted by Gasteiger charge is -2.28. The molecule has 0 bridgehead atoms. The van der Waals surface area contributed by atoms with Gasteiger partial charge in [0.05, 0.1) is 11.7 Å². The second kappa shape index (κ2) is 9.19. The Morgan fingerprint density at radius 3 is 2.09 bits per heavy atom. The van der Waals surface area contributed by atoms with E-state index < -0.39 is 7.14 Å². The van der Waals surface area contributed by atoms with Crippen LogP contribution in [-0.4, -0.2) is 17.8 Å².